The summed E-state index contributed by atoms with van der Waals surface area (Å²) in [6.45, 7) is 2.09. The van der Waals surface area contributed by atoms with Gasteiger partial charge in [0, 0.05) is 17.2 Å². The van der Waals surface area contributed by atoms with Gasteiger partial charge in [0.15, 0.2) is 0 Å². The molecule has 17 heavy (non-hydrogen) atoms. The van der Waals surface area contributed by atoms with Crippen LogP contribution in [0.3, 0.4) is 0 Å². The fourth-order valence-electron chi connectivity index (χ4n) is 1.71. The van der Waals surface area contributed by atoms with E-state index in [1.807, 2.05) is 23.9 Å². The van der Waals surface area contributed by atoms with Crippen LogP contribution in [-0.4, -0.2) is 0 Å². The number of rotatable bonds is 4. The number of thioether (sulfide) groups is 1. The first kappa shape index (κ1) is 12.1. The van der Waals surface area contributed by atoms with Gasteiger partial charge in [-0.2, -0.15) is 11.8 Å². The van der Waals surface area contributed by atoms with Crippen LogP contribution in [0.5, 0.6) is 0 Å². The molecular formula is C15H17NS. The van der Waals surface area contributed by atoms with E-state index in [2.05, 4.69) is 43.3 Å². The normalized spacial score (nSPS) is 10.4. The molecule has 2 heteroatoms. The molecule has 2 aromatic rings. The summed E-state index contributed by atoms with van der Waals surface area (Å²) in [4.78, 5) is 0. The van der Waals surface area contributed by atoms with Crippen molar-refractivity contribution in [2.24, 2.45) is 0 Å². The highest BCUT2D eigenvalue weighted by Gasteiger charge is 2.01. The van der Waals surface area contributed by atoms with Crippen LogP contribution in [-0.2, 0) is 11.5 Å². The molecule has 0 aliphatic rings. The summed E-state index contributed by atoms with van der Waals surface area (Å²) >= 11 is 1.93. The van der Waals surface area contributed by atoms with Gasteiger partial charge < -0.3 is 5.73 Å². The van der Waals surface area contributed by atoms with Crippen LogP contribution in [0, 0.1) is 6.92 Å². The molecule has 0 heterocycles. The Hall–Kier alpha value is -1.41. The monoisotopic (exact) mass is 243 g/mol. The van der Waals surface area contributed by atoms with Crippen LogP contribution in [0.2, 0.25) is 0 Å². The molecule has 0 aliphatic carbocycles. The van der Waals surface area contributed by atoms with Gasteiger partial charge in [-0.3, -0.25) is 0 Å². The van der Waals surface area contributed by atoms with E-state index in [1.165, 1.54) is 16.7 Å². The van der Waals surface area contributed by atoms with Gasteiger partial charge in [-0.05, 0) is 29.7 Å². The van der Waals surface area contributed by atoms with Gasteiger partial charge in [0.25, 0.3) is 0 Å². The average Bonchev–Trinajstić information content (AvgIpc) is 2.36. The summed E-state index contributed by atoms with van der Waals surface area (Å²) in [7, 11) is 0. The molecule has 0 amide bonds. The Morgan fingerprint density at radius 2 is 1.71 bits per heavy atom. The van der Waals surface area contributed by atoms with Crippen LogP contribution in [0.15, 0.2) is 48.5 Å². The molecule has 0 saturated heterocycles. The van der Waals surface area contributed by atoms with Crippen molar-refractivity contribution in [2.45, 2.75) is 18.4 Å². The molecule has 0 fully saturated rings. The highest BCUT2D eigenvalue weighted by Crippen LogP contribution is 2.22. The van der Waals surface area contributed by atoms with Crippen molar-refractivity contribution < 1.29 is 0 Å². The number of nitrogen functional groups attached to an aromatic ring is 1. The first-order valence-electron chi connectivity index (χ1n) is 5.73. The Kier molecular flexibility index (Phi) is 4.10. The van der Waals surface area contributed by atoms with Gasteiger partial charge in [0.1, 0.15) is 0 Å². The molecule has 0 spiro atoms. The largest absolute Gasteiger partial charge is 0.399 e. The minimum absolute atomic E-state index is 0.891. The third-order valence-electron chi connectivity index (χ3n) is 2.86. The summed E-state index contributed by atoms with van der Waals surface area (Å²) in [5.74, 6) is 2.07. The lowest BCUT2D eigenvalue weighted by atomic mass is 10.1. The van der Waals surface area contributed by atoms with Gasteiger partial charge in [-0.25, -0.2) is 0 Å². The van der Waals surface area contributed by atoms with E-state index in [9.17, 15) is 0 Å². The second-order valence-electron chi connectivity index (χ2n) is 4.11. The quantitative estimate of drug-likeness (QED) is 0.821. The van der Waals surface area contributed by atoms with Crippen LogP contribution in [0.1, 0.15) is 16.7 Å². The molecule has 0 bridgehead atoms. The van der Waals surface area contributed by atoms with E-state index < -0.39 is 0 Å². The Morgan fingerprint density at radius 1 is 0.941 bits per heavy atom. The second kappa shape index (κ2) is 5.78. The van der Waals surface area contributed by atoms with E-state index in [4.69, 9.17) is 5.73 Å². The maximum Gasteiger partial charge on any atom is 0.0346 e. The molecule has 0 aliphatic heterocycles. The third kappa shape index (κ3) is 3.27. The summed E-state index contributed by atoms with van der Waals surface area (Å²) in [6, 6.07) is 16.7. The molecule has 2 N–H and O–H groups in total. The number of hydrogen-bond acceptors (Lipinski definition) is 2. The lowest BCUT2D eigenvalue weighted by Gasteiger charge is -2.08. The lowest BCUT2D eigenvalue weighted by molar-refractivity contribution is 1.30. The fourth-order valence-corrected chi connectivity index (χ4v) is 2.78. The minimum Gasteiger partial charge on any atom is -0.399 e. The Morgan fingerprint density at radius 3 is 2.47 bits per heavy atom. The predicted molar refractivity (Wildman–Crippen MR) is 77.0 cm³/mol. The van der Waals surface area contributed by atoms with Crippen molar-refractivity contribution in [1.29, 1.82) is 0 Å². The van der Waals surface area contributed by atoms with Crippen molar-refractivity contribution in [1.82, 2.24) is 0 Å². The predicted octanol–water partition coefficient (Wildman–Crippen LogP) is 4.01. The van der Waals surface area contributed by atoms with E-state index >= 15 is 0 Å². The SMILES string of the molecule is Cc1c(N)cccc1CSCc1ccccc1. The highest BCUT2D eigenvalue weighted by atomic mass is 32.2. The maximum absolute atomic E-state index is 5.89. The molecule has 0 radical (unpaired) electrons. The zero-order chi connectivity index (χ0) is 12.1. The number of nitrogens with two attached hydrogens (primary N) is 1. The molecule has 88 valence electrons. The first-order chi connectivity index (χ1) is 8.27. The van der Waals surface area contributed by atoms with E-state index in [0.717, 1.165) is 17.2 Å². The van der Waals surface area contributed by atoms with Gasteiger partial charge in [0.2, 0.25) is 0 Å². The molecular weight excluding hydrogens is 226 g/mol. The van der Waals surface area contributed by atoms with Crippen LogP contribution in [0.4, 0.5) is 5.69 Å². The third-order valence-corrected chi connectivity index (χ3v) is 3.91. The molecule has 0 saturated carbocycles. The minimum atomic E-state index is 0.891. The molecule has 0 atom stereocenters. The zero-order valence-corrected chi connectivity index (χ0v) is 10.8. The van der Waals surface area contributed by atoms with Crippen LogP contribution >= 0.6 is 11.8 Å². The van der Waals surface area contributed by atoms with Crippen molar-refractivity contribution in [3.63, 3.8) is 0 Å². The topological polar surface area (TPSA) is 26.0 Å². The van der Waals surface area contributed by atoms with Gasteiger partial charge in [0.05, 0.1) is 0 Å². The molecule has 1 nitrogen and oxygen atoms in total. The summed E-state index contributed by atoms with van der Waals surface area (Å²) in [6.07, 6.45) is 0. The van der Waals surface area contributed by atoms with Crippen molar-refractivity contribution in [2.75, 3.05) is 5.73 Å². The first-order valence-corrected chi connectivity index (χ1v) is 6.88. The second-order valence-corrected chi connectivity index (χ2v) is 5.10. The summed E-state index contributed by atoms with van der Waals surface area (Å²) in [5.41, 5.74) is 10.7. The average molecular weight is 243 g/mol. The Bertz CT molecular complexity index is 480. The van der Waals surface area contributed by atoms with E-state index in [0.29, 0.717) is 0 Å². The summed E-state index contributed by atoms with van der Waals surface area (Å²) in [5, 5.41) is 0. The molecule has 2 aromatic carbocycles. The smallest absolute Gasteiger partial charge is 0.0346 e. The van der Waals surface area contributed by atoms with Gasteiger partial charge in [-0.1, -0.05) is 42.5 Å². The van der Waals surface area contributed by atoms with Gasteiger partial charge >= 0.3 is 0 Å². The van der Waals surface area contributed by atoms with Crippen molar-refractivity contribution >= 4 is 17.4 Å². The fraction of sp³-hybridized carbons (Fsp3) is 0.200. The molecule has 0 unspecified atom stereocenters. The van der Waals surface area contributed by atoms with Gasteiger partial charge in [-0.15, -0.1) is 0 Å². The summed E-state index contributed by atoms with van der Waals surface area (Å²) < 4.78 is 0. The van der Waals surface area contributed by atoms with E-state index in [-0.39, 0.29) is 0 Å². The zero-order valence-electron chi connectivity index (χ0n) is 10.0. The lowest BCUT2D eigenvalue weighted by Crippen LogP contribution is -1.94. The Balaban J connectivity index is 1.93. The Labute approximate surface area is 107 Å². The van der Waals surface area contributed by atoms with Crippen molar-refractivity contribution in [3.05, 3.63) is 65.2 Å². The maximum atomic E-state index is 5.89. The molecule has 2 rings (SSSR count). The number of anilines is 1. The molecule has 0 aromatic heterocycles. The number of hydrogen-bond donors (Lipinski definition) is 1. The van der Waals surface area contributed by atoms with Crippen LogP contribution < -0.4 is 5.73 Å². The van der Waals surface area contributed by atoms with Crippen molar-refractivity contribution in [3.8, 4) is 0 Å². The van der Waals surface area contributed by atoms with E-state index in [1.54, 1.807) is 0 Å². The van der Waals surface area contributed by atoms with Crippen LogP contribution in [0.25, 0.3) is 0 Å². The highest BCUT2D eigenvalue weighted by molar-refractivity contribution is 7.97. The standard InChI is InChI=1S/C15H17NS/c1-12-14(8-5-9-15(12)16)11-17-10-13-6-3-2-4-7-13/h2-9H,10-11,16H2,1H3. The number of benzene rings is 2.